The molecule has 1 aliphatic rings. The van der Waals surface area contributed by atoms with E-state index in [0.29, 0.717) is 0 Å². The lowest BCUT2D eigenvalue weighted by Crippen LogP contribution is -2.43. The Morgan fingerprint density at radius 3 is 2.70 bits per heavy atom. The van der Waals surface area contributed by atoms with Gasteiger partial charge in [-0.3, -0.25) is 9.88 Å². The second kappa shape index (κ2) is 6.06. The summed E-state index contributed by atoms with van der Waals surface area (Å²) in [6.07, 6.45) is 3.70. The van der Waals surface area contributed by atoms with Gasteiger partial charge in [-0.05, 0) is 30.8 Å². The van der Waals surface area contributed by atoms with E-state index in [2.05, 4.69) is 42.8 Å². The van der Waals surface area contributed by atoms with Gasteiger partial charge in [-0.25, -0.2) is 9.97 Å². The third-order valence-electron chi connectivity index (χ3n) is 4.33. The normalized spacial score (nSPS) is 16.9. The van der Waals surface area contributed by atoms with Gasteiger partial charge in [-0.15, -0.1) is 0 Å². The Labute approximate surface area is 135 Å². The number of aromatic nitrogens is 4. The molecule has 0 bridgehead atoms. The van der Waals surface area contributed by atoms with Crippen LogP contribution in [0.5, 0.6) is 0 Å². The van der Waals surface area contributed by atoms with Crippen LogP contribution in [-0.2, 0) is 6.54 Å². The fourth-order valence-corrected chi connectivity index (χ4v) is 2.89. The van der Waals surface area contributed by atoms with Crippen molar-refractivity contribution in [3.05, 3.63) is 42.2 Å². The van der Waals surface area contributed by atoms with E-state index >= 15 is 0 Å². The summed E-state index contributed by atoms with van der Waals surface area (Å²) < 4.78 is 0. The molecule has 0 atom stereocenters. The van der Waals surface area contributed by atoms with Crippen molar-refractivity contribution in [2.45, 2.75) is 6.54 Å². The number of hydrogen-bond donors (Lipinski definition) is 1. The standard InChI is InChI=1S/C17H20N6/c1-22-7-9-23(10-8-22)12-13-4-5-14(19-11-13)17-20-15-3-2-6-18-16(15)21-17/h2-6,11H,7-10,12H2,1H3,(H,18,20,21). The molecule has 0 radical (unpaired) electrons. The molecule has 3 aromatic rings. The summed E-state index contributed by atoms with van der Waals surface area (Å²) in [6.45, 7) is 5.47. The lowest BCUT2D eigenvalue weighted by atomic mass is 10.2. The minimum absolute atomic E-state index is 0.728. The maximum Gasteiger partial charge on any atom is 0.178 e. The molecular weight excluding hydrogens is 288 g/mol. The van der Waals surface area contributed by atoms with Crippen LogP contribution in [0, 0.1) is 0 Å². The topological polar surface area (TPSA) is 60.9 Å². The molecule has 3 aromatic heterocycles. The van der Waals surface area contributed by atoms with Crippen LogP contribution in [-0.4, -0.2) is 63.0 Å². The van der Waals surface area contributed by atoms with Crippen molar-refractivity contribution in [3.8, 4) is 11.5 Å². The Hall–Kier alpha value is -2.31. The zero-order chi connectivity index (χ0) is 15.6. The van der Waals surface area contributed by atoms with Crippen LogP contribution in [0.25, 0.3) is 22.7 Å². The summed E-state index contributed by atoms with van der Waals surface area (Å²) in [5.74, 6) is 0.768. The molecule has 0 amide bonds. The third-order valence-corrected chi connectivity index (χ3v) is 4.33. The summed E-state index contributed by atoms with van der Waals surface area (Å²) in [5.41, 5.74) is 3.76. The van der Waals surface area contributed by atoms with E-state index in [9.17, 15) is 0 Å². The first-order valence-electron chi connectivity index (χ1n) is 7.95. The van der Waals surface area contributed by atoms with Crippen molar-refractivity contribution in [2.24, 2.45) is 0 Å². The van der Waals surface area contributed by atoms with E-state index in [4.69, 9.17) is 0 Å². The maximum absolute atomic E-state index is 4.57. The molecule has 6 nitrogen and oxygen atoms in total. The SMILES string of the molecule is CN1CCN(Cc2ccc(-c3nc4ncccc4[nH]3)nc2)CC1. The first-order chi connectivity index (χ1) is 11.3. The molecule has 1 fully saturated rings. The van der Waals surface area contributed by atoms with E-state index in [-0.39, 0.29) is 0 Å². The second-order valence-electron chi connectivity index (χ2n) is 6.09. The zero-order valence-corrected chi connectivity index (χ0v) is 13.2. The van der Waals surface area contributed by atoms with Gasteiger partial charge in [0.25, 0.3) is 0 Å². The minimum Gasteiger partial charge on any atom is -0.335 e. The van der Waals surface area contributed by atoms with Crippen molar-refractivity contribution in [3.63, 3.8) is 0 Å². The molecule has 118 valence electrons. The number of likely N-dealkylation sites (N-methyl/N-ethyl adjacent to an activating group) is 1. The Morgan fingerprint density at radius 2 is 1.96 bits per heavy atom. The van der Waals surface area contributed by atoms with Crippen molar-refractivity contribution in [1.29, 1.82) is 0 Å². The van der Waals surface area contributed by atoms with Gasteiger partial charge in [0.15, 0.2) is 11.5 Å². The van der Waals surface area contributed by atoms with Gasteiger partial charge in [-0.1, -0.05) is 6.07 Å². The van der Waals surface area contributed by atoms with Gasteiger partial charge in [0.1, 0.15) is 5.69 Å². The predicted molar refractivity (Wildman–Crippen MR) is 89.9 cm³/mol. The monoisotopic (exact) mass is 308 g/mol. The van der Waals surface area contributed by atoms with Crippen molar-refractivity contribution < 1.29 is 0 Å². The highest BCUT2D eigenvalue weighted by Crippen LogP contribution is 2.18. The average Bonchev–Trinajstić information content (AvgIpc) is 3.02. The molecule has 1 aliphatic heterocycles. The summed E-state index contributed by atoms with van der Waals surface area (Å²) in [6, 6.07) is 8.04. The molecule has 1 N–H and O–H groups in total. The molecule has 6 heteroatoms. The van der Waals surface area contributed by atoms with Crippen LogP contribution in [0.2, 0.25) is 0 Å². The fraction of sp³-hybridized carbons (Fsp3) is 0.353. The number of piperazine rings is 1. The number of rotatable bonds is 3. The van der Waals surface area contributed by atoms with Crippen LogP contribution in [0.1, 0.15) is 5.56 Å². The molecule has 4 rings (SSSR count). The van der Waals surface area contributed by atoms with Gasteiger partial charge in [0.2, 0.25) is 0 Å². The zero-order valence-electron chi connectivity index (χ0n) is 13.2. The highest BCUT2D eigenvalue weighted by Gasteiger charge is 2.14. The van der Waals surface area contributed by atoms with Gasteiger partial charge >= 0.3 is 0 Å². The lowest BCUT2D eigenvalue weighted by molar-refractivity contribution is 0.148. The van der Waals surface area contributed by atoms with Crippen molar-refractivity contribution in [1.82, 2.24) is 29.7 Å². The largest absolute Gasteiger partial charge is 0.335 e. The van der Waals surface area contributed by atoms with Crippen LogP contribution in [0.3, 0.4) is 0 Å². The summed E-state index contributed by atoms with van der Waals surface area (Å²) >= 11 is 0. The smallest absolute Gasteiger partial charge is 0.178 e. The molecule has 0 unspecified atom stereocenters. The van der Waals surface area contributed by atoms with Gasteiger partial charge in [0.05, 0.1) is 5.52 Å². The van der Waals surface area contributed by atoms with E-state index in [1.807, 2.05) is 24.4 Å². The summed E-state index contributed by atoms with van der Waals surface area (Å²) in [5, 5.41) is 0. The molecule has 0 aromatic carbocycles. The summed E-state index contributed by atoms with van der Waals surface area (Å²) in [4.78, 5) is 21.4. The summed E-state index contributed by atoms with van der Waals surface area (Å²) in [7, 11) is 2.18. The number of hydrogen-bond acceptors (Lipinski definition) is 5. The second-order valence-corrected chi connectivity index (χ2v) is 6.09. The van der Waals surface area contributed by atoms with E-state index in [0.717, 1.165) is 55.4 Å². The average molecular weight is 308 g/mol. The lowest BCUT2D eigenvalue weighted by Gasteiger charge is -2.32. The first-order valence-corrected chi connectivity index (χ1v) is 7.95. The first kappa shape index (κ1) is 14.3. The number of H-pyrrole nitrogens is 1. The number of aromatic amines is 1. The quantitative estimate of drug-likeness (QED) is 0.799. The Morgan fingerprint density at radius 1 is 1.09 bits per heavy atom. The highest BCUT2D eigenvalue weighted by molar-refractivity contribution is 5.74. The minimum atomic E-state index is 0.728. The fourth-order valence-electron chi connectivity index (χ4n) is 2.89. The number of pyridine rings is 2. The number of fused-ring (bicyclic) bond motifs is 1. The van der Waals surface area contributed by atoms with Crippen molar-refractivity contribution in [2.75, 3.05) is 33.2 Å². The number of nitrogens with one attached hydrogen (secondary N) is 1. The molecule has 0 saturated carbocycles. The van der Waals surface area contributed by atoms with Crippen LogP contribution < -0.4 is 0 Å². The number of nitrogens with zero attached hydrogens (tertiary/aromatic N) is 5. The van der Waals surface area contributed by atoms with E-state index in [1.54, 1.807) is 6.20 Å². The van der Waals surface area contributed by atoms with Gasteiger partial charge in [0, 0.05) is 45.1 Å². The van der Waals surface area contributed by atoms with E-state index < -0.39 is 0 Å². The van der Waals surface area contributed by atoms with Crippen LogP contribution >= 0.6 is 0 Å². The van der Waals surface area contributed by atoms with Gasteiger partial charge in [-0.2, -0.15) is 0 Å². The Balaban J connectivity index is 1.49. The van der Waals surface area contributed by atoms with Gasteiger partial charge < -0.3 is 9.88 Å². The molecular formula is C17H20N6. The van der Waals surface area contributed by atoms with E-state index in [1.165, 1.54) is 5.56 Å². The number of imidazole rings is 1. The highest BCUT2D eigenvalue weighted by atomic mass is 15.2. The molecule has 23 heavy (non-hydrogen) atoms. The maximum atomic E-state index is 4.57. The molecule has 1 saturated heterocycles. The predicted octanol–water partition coefficient (Wildman–Crippen LogP) is 1.77. The third kappa shape index (κ3) is 3.09. The molecule has 4 heterocycles. The molecule has 0 spiro atoms. The van der Waals surface area contributed by atoms with Crippen molar-refractivity contribution >= 4 is 11.2 Å². The Bertz CT molecular complexity index is 753. The molecule has 0 aliphatic carbocycles. The Kier molecular flexibility index (Phi) is 3.77. The van der Waals surface area contributed by atoms with Crippen LogP contribution in [0.15, 0.2) is 36.7 Å². The van der Waals surface area contributed by atoms with Crippen LogP contribution in [0.4, 0.5) is 0 Å².